The van der Waals surface area contributed by atoms with Crippen LogP contribution in [0.1, 0.15) is 21.5 Å². The molecule has 20 heavy (non-hydrogen) atoms. The van der Waals surface area contributed by atoms with E-state index in [1.54, 1.807) is 0 Å². The molecule has 3 rings (SSSR count). The van der Waals surface area contributed by atoms with Crippen LogP contribution in [-0.2, 0) is 6.42 Å². The van der Waals surface area contributed by atoms with Crippen molar-refractivity contribution >= 4 is 39.9 Å². The molecule has 1 heterocycles. The number of hydrogen-bond acceptors (Lipinski definition) is 2. The molecule has 0 unspecified atom stereocenters. The molecule has 0 saturated heterocycles. The summed E-state index contributed by atoms with van der Waals surface area (Å²) in [6.07, 6.45) is 0.893. The molecule has 1 amide bonds. The van der Waals surface area contributed by atoms with Crippen molar-refractivity contribution in [1.82, 2.24) is 0 Å². The van der Waals surface area contributed by atoms with Crippen LogP contribution in [-0.4, -0.2) is 12.5 Å². The Morgan fingerprint density at radius 3 is 2.90 bits per heavy atom. The molecule has 0 radical (unpaired) electrons. The molecule has 0 aliphatic carbocycles. The van der Waals surface area contributed by atoms with Crippen molar-refractivity contribution in [3.63, 3.8) is 0 Å². The van der Waals surface area contributed by atoms with Gasteiger partial charge in [-0.05, 0) is 65.3 Å². The van der Waals surface area contributed by atoms with E-state index in [-0.39, 0.29) is 5.91 Å². The molecule has 1 aliphatic heterocycles. The lowest BCUT2D eigenvalue weighted by molar-refractivity contribution is 0.0988. The average molecular weight is 378 g/mol. The van der Waals surface area contributed by atoms with Gasteiger partial charge in [0.05, 0.1) is 5.56 Å². The predicted molar refractivity (Wildman–Crippen MR) is 90.1 cm³/mol. The molecule has 4 heteroatoms. The van der Waals surface area contributed by atoms with E-state index in [2.05, 4.69) is 22.6 Å². The molecule has 0 saturated carbocycles. The quantitative estimate of drug-likeness (QED) is 0.611. The number of halogens is 1. The first-order valence-corrected chi connectivity index (χ1v) is 7.61. The van der Waals surface area contributed by atoms with Crippen LogP contribution < -0.4 is 10.6 Å². The van der Waals surface area contributed by atoms with Crippen LogP contribution in [0, 0.1) is 10.5 Å². The molecular weight excluding hydrogens is 363 g/mol. The zero-order valence-corrected chi connectivity index (χ0v) is 13.3. The number of hydrogen-bond donors (Lipinski definition) is 1. The lowest BCUT2D eigenvalue weighted by atomic mass is 10.1. The standard InChI is InChI=1S/C16H15IN2O/c1-10-3-2-4-13(15(10)17)16(20)19-8-7-11-5-6-12(18)9-14(11)19/h2-6,9H,7-8,18H2,1H3. The highest BCUT2D eigenvalue weighted by atomic mass is 127. The van der Waals surface area contributed by atoms with Crippen molar-refractivity contribution in [1.29, 1.82) is 0 Å². The van der Waals surface area contributed by atoms with Gasteiger partial charge in [-0.15, -0.1) is 0 Å². The second-order valence-electron chi connectivity index (χ2n) is 5.03. The minimum atomic E-state index is 0.0578. The van der Waals surface area contributed by atoms with E-state index in [0.717, 1.165) is 33.4 Å². The van der Waals surface area contributed by atoms with Crippen molar-refractivity contribution in [3.8, 4) is 0 Å². The van der Waals surface area contributed by atoms with Gasteiger partial charge in [-0.3, -0.25) is 4.79 Å². The Hall–Kier alpha value is -1.56. The topological polar surface area (TPSA) is 46.3 Å². The second-order valence-corrected chi connectivity index (χ2v) is 6.11. The maximum atomic E-state index is 12.8. The Morgan fingerprint density at radius 2 is 2.10 bits per heavy atom. The third kappa shape index (κ3) is 2.18. The van der Waals surface area contributed by atoms with Gasteiger partial charge in [0.15, 0.2) is 0 Å². The highest BCUT2D eigenvalue weighted by Gasteiger charge is 2.26. The van der Waals surface area contributed by atoms with Crippen molar-refractivity contribution in [2.24, 2.45) is 0 Å². The highest BCUT2D eigenvalue weighted by Crippen LogP contribution is 2.32. The number of aryl methyl sites for hydroxylation is 1. The van der Waals surface area contributed by atoms with Gasteiger partial charge >= 0.3 is 0 Å². The number of anilines is 2. The summed E-state index contributed by atoms with van der Waals surface area (Å²) in [5.74, 6) is 0.0578. The molecule has 0 atom stereocenters. The summed E-state index contributed by atoms with van der Waals surface area (Å²) >= 11 is 2.24. The van der Waals surface area contributed by atoms with Crippen LogP contribution >= 0.6 is 22.6 Å². The monoisotopic (exact) mass is 378 g/mol. The number of nitrogen functional groups attached to an aromatic ring is 1. The summed E-state index contributed by atoms with van der Waals surface area (Å²) in [5.41, 5.74) is 10.6. The van der Waals surface area contributed by atoms with Crippen LogP contribution in [0.3, 0.4) is 0 Å². The van der Waals surface area contributed by atoms with E-state index in [4.69, 9.17) is 5.73 Å². The summed E-state index contributed by atoms with van der Waals surface area (Å²) in [6.45, 7) is 2.75. The summed E-state index contributed by atoms with van der Waals surface area (Å²) < 4.78 is 1.02. The number of benzene rings is 2. The zero-order chi connectivity index (χ0) is 14.3. The third-order valence-corrected chi connectivity index (χ3v) is 5.10. The van der Waals surface area contributed by atoms with Crippen LogP contribution in [0.5, 0.6) is 0 Å². The summed E-state index contributed by atoms with van der Waals surface area (Å²) in [6, 6.07) is 11.6. The minimum Gasteiger partial charge on any atom is -0.399 e. The SMILES string of the molecule is Cc1cccc(C(=O)N2CCc3ccc(N)cc32)c1I. The van der Waals surface area contributed by atoms with Crippen molar-refractivity contribution in [2.45, 2.75) is 13.3 Å². The third-order valence-electron chi connectivity index (χ3n) is 3.67. The van der Waals surface area contributed by atoms with E-state index >= 15 is 0 Å². The Labute approximate surface area is 131 Å². The molecule has 0 bridgehead atoms. The number of amides is 1. The Bertz CT molecular complexity index is 697. The van der Waals surface area contributed by atoms with Gasteiger partial charge in [-0.25, -0.2) is 0 Å². The molecule has 0 fully saturated rings. The molecule has 2 aromatic rings. The van der Waals surface area contributed by atoms with E-state index < -0.39 is 0 Å². The fraction of sp³-hybridized carbons (Fsp3) is 0.188. The maximum Gasteiger partial charge on any atom is 0.259 e. The van der Waals surface area contributed by atoms with Crippen molar-refractivity contribution in [3.05, 3.63) is 56.7 Å². The van der Waals surface area contributed by atoms with Crippen LogP contribution in [0.2, 0.25) is 0 Å². The Morgan fingerprint density at radius 1 is 1.30 bits per heavy atom. The predicted octanol–water partition coefficient (Wildman–Crippen LogP) is 3.38. The normalized spacial score (nSPS) is 13.4. The highest BCUT2D eigenvalue weighted by molar-refractivity contribution is 14.1. The van der Waals surface area contributed by atoms with Gasteiger partial charge in [0.25, 0.3) is 5.91 Å². The molecule has 3 nitrogen and oxygen atoms in total. The first kappa shape index (κ1) is 13.4. The van der Waals surface area contributed by atoms with E-state index in [9.17, 15) is 4.79 Å². The van der Waals surface area contributed by atoms with Gasteiger partial charge < -0.3 is 10.6 Å². The lowest BCUT2D eigenvalue weighted by Gasteiger charge is -2.19. The number of nitrogens with two attached hydrogens (primary N) is 1. The minimum absolute atomic E-state index is 0.0578. The van der Waals surface area contributed by atoms with Gasteiger partial charge in [-0.2, -0.15) is 0 Å². The fourth-order valence-electron chi connectivity index (χ4n) is 2.57. The largest absolute Gasteiger partial charge is 0.399 e. The molecule has 102 valence electrons. The van der Waals surface area contributed by atoms with Gasteiger partial charge in [0.2, 0.25) is 0 Å². The van der Waals surface area contributed by atoms with Gasteiger partial charge in [-0.1, -0.05) is 18.2 Å². The average Bonchev–Trinajstić information content (AvgIpc) is 2.84. The van der Waals surface area contributed by atoms with Crippen LogP contribution in [0.15, 0.2) is 36.4 Å². The molecule has 0 spiro atoms. The molecule has 2 N–H and O–H groups in total. The zero-order valence-electron chi connectivity index (χ0n) is 11.2. The van der Waals surface area contributed by atoms with Crippen molar-refractivity contribution < 1.29 is 4.79 Å². The lowest BCUT2D eigenvalue weighted by Crippen LogP contribution is -2.29. The molecule has 1 aliphatic rings. The molecular formula is C16H15IN2O. The Balaban J connectivity index is 2.02. The van der Waals surface area contributed by atoms with Gasteiger partial charge in [0.1, 0.15) is 0 Å². The fourth-order valence-corrected chi connectivity index (χ4v) is 3.16. The number of fused-ring (bicyclic) bond motifs is 1. The summed E-state index contributed by atoms with van der Waals surface area (Å²) in [4.78, 5) is 14.6. The first-order chi connectivity index (χ1) is 9.58. The number of rotatable bonds is 1. The van der Waals surface area contributed by atoms with Crippen molar-refractivity contribution in [2.75, 3.05) is 17.2 Å². The maximum absolute atomic E-state index is 12.8. The van der Waals surface area contributed by atoms with Crippen LogP contribution in [0.4, 0.5) is 11.4 Å². The second kappa shape index (κ2) is 5.09. The van der Waals surface area contributed by atoms with E-state index in [0.29, 0.717) is 5.69 Å². The number of carbonyl (C=O) groups excluding carboxylic acids is 1. The van der Waals surface area contributed by atoms with Crippen LogP contribution in [0.25, 0.3) is 0 Å². The number of nitrogens with zero attached hydrogens (tertiary/aromatic N) is 1. The molecule has 0 aromatic heterocycles. The van der Waals surface area contributed by atoms with E-state index in [1.807, 2.05) is 48.2 Å². The number of carbonyl (C=O) groups is 1. The first-order valence-electron chi connectivity index (χ1n) is 6.53. The summed E-state index contributed by atoms with van der Waals surface area (Å²) in [7, 11) is 0. The van der Waals surface area contributed by atoms with E-state index in [1.165, 1.54) is 5.56 Å². The Kier molecular flexibility index (Phi) is 3.41. The molecule has 2 aromatic carbocycles. The smallest absolute Gasteiger partial charge is 0.259 e. The van der Waals surface area contributed by atoms with Gasteiger partial charge in [0, 0.05) is 21.5 Å². The summed E-state index contributed by atoms with van der Waals surface area (Å²) in [5, 5.41) is 0.